The molecule has 146 valence electrons. The van der Waals surface area contributed by atoms with Crippen LogP contribution in [0.5, 0.6) is 0 Å². The Kier molecular flexibility index (Phi) is 5.32. The van der Waals surface area contributed by atoms with Crippen LogP contribution in [-0.4, -0.2) is 33.8 Å². The number of nitrogens with zero attached hydrogens (tertiary/aromatic N) is 4. The first-order chi connectivity index (χ1) is 12.6. The topological polar surface area (TPSA) is 63.1 Å². The Hall–Kier alpha value is -2.29. The number of hydrogen-bond donors (Lipinski definition) is 1. The summed E-state index contributed by atoms with van der Waals surface area (Å²) < 4.78 is 39.8. The molecule has 0 atom stereocenters. The van der Waals surface area contributed by atoms with Crippen LogP contribution in [0.25, 0.3) is 0 Å². The Balaban J connectivity index is 1.62. The first kappa shape index (κ1) is 19.5. The van der Waals surface area contributed by atoms with Gasteiger partial charge in [-0.1, -0.05) is 11.6 Å². The predicted octanol–water partition coefficient (Wildman–Crippen LogP) is 3.65. The molecule has 1 aliphatic rings. The van der Waals surface area contributed by atoms with Gasteiger partial charge in [0.1, 0.15) is 11.6 Å². The molecule has 6 nitrogen and oxygen atoms in total. The van der Waals surface area contributed by atoms with E-state index in [1.54, 1.807) is 22.7 Å². The van der Waals surface area contributed by atoms with E-state index in [-0.39, 0.29) is 16.8 Å². The quantitative estimate of drug-likeness (QED) is 0.852. The highest BCUT2D eigenvalue weighted by Gasteiger charge is 2.33. The number of halogens is 4. The van der Waals surface area contributed by atoms with E-state index in [2.05, 4.69) is 15.4 Å². The predicted molar refractivity (Wildman–Crippen MR) is 95.8 cm³/mol. The van der Waals surface area contributed by atoms with E-state index in [0.29, 0.717) is 37.6 Å². The fourth-order valence-corrected chi connectivity index (χ4v) is 3.41. The van der Waals surface area contributed by atoms with Gasteiger partial charge in [0.2, 0.25) is 5.91 Å². The van der Waals surface area contributed by atoms with Gasteiger partial charge in [-0.05, 0) is 25.8 Å². The monoisotopic (exact) mass is 401 g/mol. The Bertz CT molecular complexity index is 844. The highest BCUT2D eigenvalue weighted by atomic mass is 35.5. The summed E-state index contributed by atoms with van der Waals surface area (Å²) in [7, 11) is 1.75. The SMILES string of the molecule is Cc1cc(NC(=O)C2CCN(c3ncc(C(F)(F)F)cc3Cl)CC2)n(C)n1. The van der Waals surface area contributed by atoms with Crippen molar-refractivity contribution in [3.8, 4) is 0 Å². The van der Waals surface area contributed by atoms with E-state index in [1.807, 2.05) is 6.92 Å². The number of nitrogens with one attached hydrogen (secondary N) is 1. The lowest BCUT2D eigenvalue weighted by molar-refractivity contribution is -0.137. The minimum Gasteiger partial charge on any atom is -0.355 e. The van der Waals surface area contributed by atoms with Crippen molar-refractivity contribution in [2.75, 3.05) is 23.3 Å². The number of alkyl halides is 3. The van der Waals surface area contributed by atoms with Gasteiger partial charge < -0.3 is 10.2 Å². The van der Waals surface area contributed by atoms with Crippen molar-refractivity contribution in [2.45, 2.75) is 25.9 Å². The molecule has 1 amide bonds. The van der Waals surface area contributed by atoms with E-state index in [0.717, 1.165) is 18.0 Å². The van der Waals surface area contributed by atoms with Crippen molar-refractivity contribution in [3.05, 3.63) is 34.6 Å². The van der Waals surface area contributed by atoms with Gasteiger partial charge in [0.05, 0.1) is 16.3 Å². The standard InChI is InChI=1S/C17H19ClF3N5O/c1-10-7-14(25(2)24-10)23-16(27)11-3-5-26(6-4-11)15-13(18)8-12(9-22-15)17(19,20)21/h7-9,11H,3-6H2,1-2H3,(H,23,27). The summed E-state index contributed by atoms with van der Waals surface area (Å²) in [5, 5.41) is 7.01. The van der Waals surface area contributed by atoms with E-state index in [4.69, 9.17) is 11.6 Å². The molecular formula is C17H19ClF3N5O. The number of piperidine rings is 1. The normalized spacial score (nSPS) is 15.9. The summed E-state index contributed by atoms with van der Waals surface area (Å²) in [4.78, 5) is 18.1. The lowest BCUT2D eigenvalue weighted by Gasteiger charge is -2.32. The van der Waals surface area contributed by atoms with Crippen molar-refractivity contribution < 1.29 is 18.0 Å². The number of aromatic nitrogens is 3. The van der Waals surface area contributed by atoms with E-state index in [9.17, 15) is 18.0 Å². The molecular weight excluding hydrogens is 383 g/mol. The smallest absolute Gasteiger partial charge is 0.355 e. The number of amides is 1. The maximum atomic E-state index is 12.7. The lowest BCUT2D eigenvalue weighted by Crippen LogP contribution is -2.39. The first-order valence-corrected chi connectivity index (χ1v) is 8.82. The molecule has 3 rings (SSSR count). The molecule has 10 heteroatoms. The van der Waals surface area contributed by atoms with Crippen molar-refractivity contribution in [1.82, 2.24) is 14.8 Å². The minimum atomic E-state index is -4.48. The number of aryl methyl sites for hydroxylation is 2. The van der Waals surface area contributed by atoms with E-state index < -0.39 is 11.7 Å². The summed E-state index contributed by atoms with van der Waals surface area (Å²) in [5.41, 5.74) is -0.0670. The van der Waals surface area contributed by atoms with Crippen LogP contribution >= 0.6 is 11.6 Å². The summed E-state index contributed by atoms with van der Waals surface area (Å²) in [5.74, 6) is 0.659. The third kappa shape index (κ3) is 4.35. The number of anilines is 2. The molecule has 0 unspecified atom stereocenters. The number of hydrogen-bond acceptors (Lipinski definition) is 4. The molecule has 27 heavy (non-hydrogen) atoms. The highest BCUT2D eigenvalue weighted by Crippen LogP contribution is 2.34. The van der Waals surface area contributed by atoms with Crippen LogP contribution in [0.3, 0.4) is 0 Å². The molecule has 0 saturated carbocycles. The second kappa shape index (κ2) is 7.38. The van der Waals surface area contributed by atoms with Gasteiger partial charge in [-0.25, -0.2) is 4.98 Å². The van der Waals surface area contributed by atoms with Gasteiger partial charge in [-0.2, -0.15) is 18.3 Å². The molecule has 1 fully saturated rings. The zero-order valence-corrected chi connectivity index (χ0v) is 15.6. The molecule has 1 saturated heterocycles. The van der Waals surface area contributed by atoms with Gasteiger partial charge in [-0.3, -0.25) is 9.48 Å². The average Bonchev–Trinajstić information content (AvgIpc) is 2.91. The molecule has 0 aromatic carbocycles. The summed E-state index contributed by atoms with van der Waals surface area (Å²) in [6.45, 7) is 2.82. The van der Waals surface area contributed by atoms with E-state index in [1.165, 1.54) is 0 Å². The van der Waals surface area contributed by atoms with Gasteiger partial charge in [0.25, 0.3) is 0 Å². The Morgan fingerprint density at radius 2 is 1.96 bits per heavy atom. The maximum Gasteiger partial charge on any atom is 0.417 e. The molecule has 0 radical (unpaired) electrons. The van der Waals surface area contributed by atoms with Gasteiger partial charge in [-0.15, -0.1) is 0 Å². The van der Waals surface area contributed by atoms with Crippen LogP contribution in [0.2, 0.25) is 5.02 Å². The second-order valence-corrected chi connectivity index (χ2v) is 6.98. The molecule has 0 bridgehead atoms. The molecule has 2 aromatic heterocycles. The third-order valence-corrected chi connectivity index (χ3v) is 4.85. The largest absolute Gasteiger partial charge is 0.417 e. The number of rotatable bonds is 3. The van der Waals surface area contributed by atoms with E-state index >= 15 is 0 Å². The molecule has 0 aliphatic carbocycles. The van der Waals surface area contributed by atoms with Crippen molar-refractivity contribution in [1.29, 1.82) is 0 Å². The number of carbonyl (C=O) groups is 1. The van der Waals surface area contributed by atoms with Gasteiger partial charge in [0, 0.05) is 38.3 Å². The fraction of sp³-hybridized carbons (Fsp3) is 0.471. The van der Waals surface area contributed by atoms with Crippen LogP contribution < -0.4 is 10.2 Å². The maximum absolute atomic E-state index is 12.7. The average molecular weight is 402 g/mol. The van der Waals surface area contributed by atoms with Crippen LogP contribution in [-0.2, 0) is 18.0 Å². The van der Waals surface area contributed by atoms with Crippen molar-refractivity contribution >= 4 is 29.1 Å². The zero-order valence-electron chi connectivity index (χ0n) is 14.8. The highest BCUT2D eigenvalue weighted by molar-refractivity contribution is 6.33. The Labute approximate surface area is 159 Å². The first-order valence-electron chi connectivity index (χ1n) is 8.44. The second-order valence-electron chi connectivity index (χ2n) is 6.57. The summed E-state index contributed by atoms with van der Waals surface area (Å²) in [6, 6.07) is 2.67. The van der Waals surface area contributed by atoms with Gasteiger partial charge >= 0.3 is 6.18 Å². The summed E-state index contributed by atoms with van der Waals surface area (Å²) in [6.07, 6.45) is -2.58. The lowest BCUT2D eigenvalue weighted by atomic mass is 9.96. The summed E-state index contributed by atoms with van der Waals surface area (Å²) >= 11 is 6.00. The minimum absolute atomic E-state index is 0.0434. The molecule has 2 aromatic rings. The van der Waals surface area contributed by atoms with Crippen LogP contribution in [0.1, 0.15) is 24.1 Å². The van der Waals surface area contributed by atoms with Gasteiger partial charge in [0.15, 0.2) is 0 Å². The molecule has 0 spiro atoms. The Morgan fingerprint density at radius 1 is 1.30 bits per heavy atom. The zero-order chi connectivity index (χ0) is 19.8. The molecule has 3 heterocycles. The Morgan fingerprint density at radius 3 is 2.48 bits per heavy atom. The van der Waals surface area contributed by atoms with Crippen molar-refractivity contribution in [3.63, 3.8) is 0 Å². The van der Waals surface area contributed by atoms with Crippen LogP contribution in [0, 0.1) is 12.8 Å². The van der Waals surface area contributed by atoms with Crippen molar-refractivity contribution in [2.24, 2.45) is 13.0 Å². The molecule has 1 aliphatic heterocycles. The van der Waals surface area contributed by atoms with Crippen LogP contribution in [0.15, 0.2) is 18.3 Å². The number of pyridine rings is 1. The third-order valence-electron chi connectivity index (χ3n) is 4.57. The fourth-order valence-electron chi connectivity index (χ4n) is 3.13. The van der Waals surface area contributed by atoms with Crippen LogP contribution in [0.4, 0.5) is 24.8 Å². The molecule has 1 N–H and O–H groups in total. The number of carbonyl (C=O) groups excluding carboxylic acids is 1.